The molecule has 0 aliphatic heterocycles. The molecule has 2 N–H and O–H groups in total. The standard InChI is InChI=1S/C18H27NO4/c1-11(2)9-16(20)17(21)19-15(18(22)23-5)10-14-12(3)7-6-8-13(14)4/h6-8,11,15-16,20H,9-10H2,1-5H3,(H,19,21)/t15-,16-/m0/s1. The second kappa shape index (κ2) is 8.67. The molecule has 0 heterocycles. The van der Waals surface area contributed by atoms with Crippen LogP contribution in [0.25, 0.3) is 0 Å². The molecular formula is C18H27NO4. The van der Waals surface area contributed by atoms with Gasteiger partial charge in [0, 0.05) is 6.42 Å². The van der Waals surface area contributed by atoms with Crippen LogP contribution in [-0.2, 0) is 20.7 Å². The number of aliphatic hydroxyl groups excluding tert-OH is 1. The highest BCUT2D eigenvalue weighted by Crippen LogP contribution is 2.16. The van der Waals surface area contributed by atoms with E-state index >= 15 is 0 Å². The van der Waals surface area contributed by atoms with Gasteiger partial charge in [-0.25, -0.2) is 4.79 Å². The molecule has 0 aliphatic rings. The van der Waals surface area contributed by atoms with Gasteiger partial charge >= 0.3 is 5.97 Å². The van der Waals surface area contributed by atoms with Crippen LogP contribution in [0.1, 0.15) is 37.0 Å². The van der Waals surface area contributed by atoms with E-state index in [4.69, 9.17) is 4.74 Å². The molecule has 0 saturated carbocycles. The van der Waals surface area contributed by atoms with Crippen LogP contribution in [0.3, 0.4) is 0 Å². The van der Waals surface area contributed by atoms with Gasteiger partial charge in [0.05, 0.1) is 7.11 Å². The largest absolute Gasteiger partial charge is 0.467 e. The van der Waals surface area contributed by atoms with E-state index in [0.717, 1.165) is 16.7 Å². The molecular weight excluding hydrogens is 294 g/mol. The monoisotopic (exact) mass is 321 g/mol. The highest BCUT2D eigenvalue weighted by molar-refractivity contribution is 5.87. The van der Waals surface area contributed by atoms with Crippen molar-refractivity contribution in [2.45, 2.75) is 52.7 Å². The Bertz CT molecular complexity index is 534. The number of ether oxygens (including phenoxy) is 1. The Balaban J connectivity index is 2.89. The minimum absolute atomic E-state index is 0.186. The van der Waals surface area contributed by atoms with E-state index in [2.05, 4.69) is 5.32 Å². The van der Waals surface area contributed by atoms with E-state index in [1.165, 1.54) is 7.11 Å². The number of methoxy groups -OCH3 is 1. The number of carbonyl (C=O) groups is 2. The summed E-state index contributed by atoms with van der Waals surface area (Å²) in [6.45, 7) is 7.77. The fourth-order valence-corrected chi connectivity index (χ4v) is 2.53. The highest BCUT2D eigenvalue weighted by Gasteiger charge is 2.26. The first-order chi connectivity index (χ1) is 10.8. The van der Waals surface area contributed by atoms with Crippen molar-refractivity contribution in [3.8, 4) is 0 Å². The molecule has 1 amide bonds. The molecule has 0 unspecified atom stereocenters. The number of nitrogens with one attached hydrogen (secondary N) is 1. The summed E-state index contributed by atoms with van der Waals surface area (Å²) in [7, 11) is 1.29. The van der Waals surface area contributed by atoms with E-state index in [1.807, 2.05) is 45.9 Å². The molecule has 2 atom stereocenters. The normalized spacial score (nSPS) is 13.5. The minimum atomic E-state index is -1.12. The number of amides is 1. The molecule has 0 bridgehead atoms. The fourth-order valence-electron chi connectivity index (χ4n) is 2.53. The minimum Gasteiger partial charge on any atom is -0.467 e. The molecule has 0 aromatic heterocycles. The summed E-state index contributed by atoms with van der Waals surface area (Å²) in [4.78, 5) is 24.1. The average Bonchev–Trinajstić information content (AvgIpc) is 2.48. The lowest BCUT2D eigenvalue weighted by atomic mass is 9.96. The van der Waals surface area contributed by atoms with Crippen LogP contribution in [0, 0.1) is 19.8 Å². The van der Waals surface area contributed by atoms with Crippen LogP contribution in [0.15, 0.2) is 18.2 Å². The quantitative estimate of drug-likeness (QED) is 0.752. The first-order valence-electron chi connectivity index (χ1n) is 7.87. The van der Waals surface area contributed by atoms with E-state index in [-0.39, 0.29) is 5.92 Å². The van der Waals surface area contributed by atoms with Crippen molar-refractivity contribution >= 4 is 11.9 Å². The Labute approximate surface area is 138 Å². The van der Waals surface area contributed by atoms with E-state index in [9.17, 15) is 14.7 Å². The second-order valence-corrected chi connectivity index (χ2v) is 6.30. The number of hydrogen-bond acceptors (Lipinski definition) is 4. The van der Waals surface area contributed by atoms with Crippen molar-refractivity contribution in [3.63, 3.8) is 0 Å². The lowest BCUT2D eigenvalue weighted by Crippen LogP contribution is -2.47. The number of rotatable bonds is 7. The Hall–Kier alpha value is -1.88. The molecule has 0 aliphatic carbocycles. The molecule has 5 nitrogen and oxygen atoms in total. The van der Waals surface area contributed by atoms with Crippen LogP contribution in [0.5, 0.6) is 0 Å². The Morgan fingerprint density at radius 2 is 1.78 bits per heavy atom. The third-order valence-corrected chi connectivity index (χ3v) is 3.85. The number of benzene rings is 1. The van der Waals surface area contributed by atoms with E-state index in [0.29, 0.717) is 12.8 Å². The van der Waals surface area contributed by atoms with Crippen molar-refractivity contribution in [2.24, 2.45) is 5.92 Å². The Morgan fingerprint density at radius 3 is 2.26 bits per heavy atom. The van der Waals surface area contributed by atoms with E-state index < -0.39 is 24.0 Å². The number of hydrogen-bond donors (Lipinski definition) is 2. The molecule has 0 radical (unpaired) electrons. The van der Waals surface area contributed by atoms with Crippen LogP contribution < -0.4 is 5.32 Å². The van der Waals surface area contributed by atoms with Gasteiger partial charge in [0.2, 0.25) is 5.91 Å². The SMILES string of the molecule is COC(=O)[C@H](Cc1c(C)cccc1C)NC(=O)[C@@H](O)CC(C)C. The topological polar surface area (TPSA) is 75.6 Å². The van der Waals surface area contributed by atoms with Gasteiger partial charge in [-0.2, -0.15) is 0 Å². The molecule has 128 valence electrons. The molecule has 0 spiro atoms. The van der Waals surface area contributed by atoms with Gasteiger partial charge in [0.1, 0.15) is 12.1 Å². The summed E-state index contributed by atoms with van der Waals surface area (Å²) in [5, 5.41) is 12.5. The molecule has 1 aromatic carbocycles. The first-order valence-corrected chi connectivity index (χ1v) is 7.87. The van der Waals surface area contributed by atoms with E-state index in [1.54, 1.807) is 0 Å². The molecule has 1 aromatic rings. The van der Waals surface area contributed by atoms with Gasteiger partial charge < -0.3 is 15.2 Å². The van der Waals surface area contributed by atoms with Gasteiger partial charge in [0.15, 0.2) is 0 Å². The smallest absolute Gasteiger partial charge is 0.328 e. The van der Waals surface area contributed by atoms with Gasteiger partial charge in [-0.05, 0) is 42.9 Å². The first kappa shape index (κ1) is 19.2. The van der Waals surface area contributed by atoms with Crippen molar-refractivity contribution < 1.29 is 19.4 Å². The predicted molar refractivity (Wildman–Crippen MR) is 89.0 cm³/mol. The van der Waals surface area contributed by atoms with Crippen molar-refractivity contribution in [1.82, 2.24) is 5.32 Å². The maximum absolute atomic E-state index is 12.1. The van der Waals surface area contributed by atoms with Gasteiger partial charge in [-0.15, -0.1) is 0 Å². The molecule has 23 heavy (non-hydrogen) atoms. The highest BCUT2D eigenvalue weighted by atomic mass is 16.5. The zero-order chi connectivity index (χ0) is 17.6. The second-order valence-electron chi connectivity index (χ2n) is 6.30. The van der Waals surface area contributed by atoms with Crippen LogP contribution >= 0.6 is 0 Å². The number of aliphatic hydroxyl groups is 1. The zero-order valence-electron chi connectivity index (χ0n) is 14.6. The van der Waals surface area contributed by atoms with Crippen molar-refractivity contribution in [1.29, 1.82) is 0 Å². The maximum atomic E-state index is 12.1. The zero-order valence-corrected chi connectivity index (χ0v) is 14.6. The van der Waals surface area contributed by atoms with Crippen LogP contribution in [0.4, 0.5) is 0 Å². The number of aryl methyl sites for hydroxylation is 2. The lowest BCUT2D eigenvalue weighted by Gasteiger charge is -2.21. The van der Waals surface area contributed by atoms with Crippen LogP contribution in [0.2, 0.25) is 0 Å². The molecule has 0 fully saturated rings. The molecule has 1 rings (SSSR count). The number of esters is 1. The molecule has 5 heteroatoms. The van der Waals surface area contributed by atoms with Gasteiger partial charge in [0.25, 0.3) is 0 Å². The summed E-state index contributed by atoms with van der Waals surface area (Å²) < 4.78 is 4.79. The summed E-state index contributed by atoms with van der Waals surface area (Å²) in [6, 6.07) is 5.07. The fraction of sp³-hybridized carbons (Fsp3) is 0.556. The van der Waals surface area contributed by atoms with Gasteiger partial charge in [-0.1, -0.05) is 32.0 Å². The summed E-state index contributed by atoms with van der Waals surface area (Å²) in [6.07, 6.45) is -0.436. The Kier molecular flexibility index (Phi) is 7.23. The molecule has 0 saturated heterocycles. The summed E-state index contributed by atoms with van der Waals surface area (Å²) >= 11 is 0. The van der Waals surface area contributed by atoms with Gasteiger partial charge in [-0.3, -0.25) is 4.79 Å². The third kappa shape index (κ3) is 5.67. The third-order valence-electron chi connectivity index (χ3n) is 3.85. The number of carbonyl (C=O) groups excluding carboxylic acids is 2. The Morgan fingerprint density at radius 1 is 1.22 bits per heavy atom. The average molecular weight is 321 g/mol. The van der Waals surface area contributed by atoms with Crippen LogP contribution in [-0.4, -0.2) is 36.2 Å². The summed E-state index contributed by atoms with van der Waals surface area (Å²) in [5.41, 5.74) is 3.10. The summed E-state index contributed by atoms with van der Waals surface area (Å²) in [5.74, 6) is -0.871. The lowest BCUT2D eigenvalue weighted by molar-refractivity contribution is -0.146. The predicted octanol–water partition coefficient (Wildman–Crippen LogP) is 1.91. The van der Waals surface area contributed by atoms with Crippen molar-refractivity contribution in [2.75, 3.05) is 7.11 Å². The maximum Gasteiger partial charge on any atom is 0.328 e. The van der Waals surface area contributed by atoms with Crippen molar-refractivity contribution in [3.05, 3.63) is 34.9 Å².